The highest BCUT2D eigenvalue weighted by Gasteiger charge is 2.22. The summed E-state index contributed by atoms with van der Waals surface area (Å²) in [6, 6.07) is 19.5. The molecule has 0 amide bonds. The molecule has 0 unspecified atom stereocenters. The number of ketones is 1. The monoisotopic (exact) mass is 372 g/mol. The molecule has 0 aliphatic carbocycles. The Morgan fingerprint density at radius 2 is 1.96 bits per heavy atom. The van der Waals surface area contributed by atoms with Crippen molar-refractivity contribution in [1.82, 2.24) is 21.0 Å². The minimum atomic E-state index is -0.268. The van der Waals surface area contributed by atoms with Crippen LogP contribution in [0.4, 0.5) is 11.6 Å². The fourth-order valence-corrected chi connectivity index (χ4v) is 3.52. The zero-order valence-electron chi connectivity index (χ0n) is 15.5. The van der Waals surface area contributed by atoms with Gasteiger partial charge in [0.2, 0.25) is 5.78 Å². The lowest BCUT2D eigenvalue weighted by Crippen LogP contribution is -2.52. The minimum Gasteiger partial charge on any atom is -0.354 e. The number of piperazine rings is 1. The number of nitrogens with one attached hydrogen (secondary N) is 2. The molecule has 0 bridgehead atoms. The Morgan fingerprint density at radius 1 is 1.11 bits per heavy atom. The van der Waals surface area contributed by atoms with E-state index >= 15 is 0 Å². The summed E-state index contributed by atoms with van der Waals surface area (Å²) in [7, 11) is 0. The van der Waals surface area contributed by atoms with Crippen LogP contribution in [0.3, 0.4) is 0 Å². The van der Waals surface area contributed by atoms with E-state index in [1.54, 1.807) is 18.2 Å². The van der Waals surface area contributed by atoms with Gasteiger partial charge in [-0.2, -0.15) is 0 Å². The molecule has 0 spiro atoms. The molecule has 1 fully saturated rings. The van der Waals surface area contributed by atoms with Gasteiger partial charge in [-0.1, -0.05) is 36.4 Å². The lowest BCUT2D eigenvalue weighted by molar-refractivity contribution is 0.103. The molecule has 6 nitrogen and oxygen atoms in total. The molecule has 6 heteroatoms. The molecule has 1 radical (unpaired) electrons. The lowest BCUT2D eigenvalue weighted by atomic mass is 10.0. The van der Waals surface area contributed by atoms with Crippen LogP contribution in [0.5, 0.6) is 0 Å². The number of rotatable bonds is 5. The van der Waals surface area contributed by atoms with E-state index in [1.165, 1.54) is 11.8 Å². The normalized spacial score (nSPS) is 16.7. The molecule has 141 valence electrons. The molecule has 0 saturated carbocycles. The van der Waals surface area contributed by atoms with Gasteiger partial charge in [-0.15, -0.1) is 0 Å². The van der Waals surface area contributed by atoms with Crippen molar-refractivity contribution in [1.29, 1.82) is 0 Å². The van der Waals surface area contributed by atoms with Crippen molar-refractivity contribution in [3.8, 4) is 0 Å². The van der Waals surface area contributed by atoms with E-state index in [2.05, 4.69) is 44.5 Å². The molecule has 1 aliphatic rings. The molecule has 1 atom stereocenters. The van der Waals surface area contributed by atoms with E-state index < -0.39 is 0 Å². The summed E-state index contributed by atoms with van der Waals surface area (Å²) >= 11 is 0. The summed E-state index contributed by atoms with van der Waals surface area (Å²) < 4.78 is 0. The summed E-state index contributed by atoms with van der Waals surface area (Å²) in [6.07, 6.45) is 2.46. The van der Waals surface area contributed by atoms with Gasteiger partial charge in [-0.25, -0.2) is 9.97 Å². The number of nitrogens with zero attached hydrogens (tertiary/aromatic N) is 3. The van der Waals surface area contributed by atoms with Crippen molar-refractivity contribution in [3.63, 3.8) is 0 Å². The third-order valence-corrected chi connectivity index (χ3v) is 4.92. The number of carbonyl (C=O) groups is 1. The Morgan fingerprint density at radius 3 is 2.79 bits per heavy atom. The molecule has 1 aromatic carbocycles. The number of carbonyl (C=O) groups excluding carboxylic acids is 1. The molecule has 3 heterocycles. The van der Waals surface area contributed by atoms with Crippen molar-refractivity contribution in [2.75, 3.05) is 24.5 Å². The maximum absolute atomic E-state index is 12.8. The minimum absolute atomic E-state index is 0.0233. The number of hydrogen-bond acceptors (Lipinski definition) is 5. The zero-order valence-corrected chi connectivity index (χ0v) is 15.5. The van der Waals surface area contributed by atoms with Gasteiger partial charge in [-0.05, 0) is 36.2 Å². The number of benzene rings is 1. The van der Waals surface area contributed by atoms with Crippen LogP contribution in [0, 0.1) is 0 Å². The van der Waals surface area contributed by atoms with Crippen molar-refractivity contribution in [2.45, 2.75) is 12.5 Å². The highest BCUT2D eigenvalue weighted by Crippen LogP contribution is 2.19. The van der Waals surface area contributed by atoms with Crippen LogP contribution in [0.15, 0.2) is 66.9 Å². The highest BCUT2D eigenvalue weighted by molar-refractivity contribution is 6.10. The first-order valence-corrected chi connectivity index (χ1v) is 9.41. The fourth-order valence-electron chi connectivity index (χ4n) is 3.52. The average molecular weight is 372 g/mol. The average Bonchev–Trinajstić information content (AvgIpc) is 2.75. The third-order valence-electron chi connectivity index (χ3n) is 4.92. The van der Waals surface area contributed by atoms with Crippen molar-refractivity contribution in [2.24, 2.45) is 0 Å². The van der Waals surface area contributed by atoms with Gasteiger partial charge in [-0.3, -0.25) is 10.5 Å². The van der Waals surface area contributed by atoms with Crippen molar-refractivity contribution < 1.29 is 4.79 Å². The van der Waals surface area contributed by atoms with Crippen LogP contribution in [0.1, 0.15) is 21.6 Å². The maximum Gasteiger partial charge on any atom is 0.215 e. The van der Waals surface area contributed by atoms with Crippen LogP contribution in [0.25, 0.3) is 0 Å². The van der Waals surface area contributed by atoms with Gasteiger partial charge in [0.15, 0.2) is 5.82 Å². The molecular formula is C22H22N5O. The van der Waals surface area contributed by atoms with Gasteiger partial charge in [0, 0.05) is 31.9 Å². The molecular weight excluding hydrogens is 350 g/mol. The first kappa shape index (κ1) is 18.1. The first-order chi connectivity index (χ1) is 13.7. The van der Waals surface area contributed by atoms with Gasteiger partial charge in [0.1, 0.15) is 11.5 Å². The molecule has 1 saturated heterocycles. The van der Waals surface area contributed by atoms with Gasteiger partial charge in [0.25, 0.3) is 0 Å². The summed E-state index contributed by atoms with van der Waals surface area (Å²) in [5.74, 6) is 0.501. The third kappa shape index (κ3) is 4.02. The molecule has 3 aromatic rings. The van der Waals surface area contributed by atoms with E-state index in [0.29, 0.717) is 11.7 Å². The first-order valence-electron chi connectivity index (χ1n) is 9.41. The lowest BCUT2D eigenvalue weighted by Gasteiger charge is -2.34. The Kier molecular flexibility index (Phi) is 5.30. The summed E-state index contributed by atoms with van der Waals surface area (Å²) in [5.41, 5.74) is 9.78. The quantitative estimate of drug-likeness (QED) is 0.696. The van der Waals surface area contributed by atoms with Gasteiger partial charge < -0.3 is 10.2 Å². The second-order valence-corrected chi connectivity index (χ2v) is 6.90. The maximum atomic E-state index is 12.8. The van der Waals surface area contributed by atoms with E-state index in [0.717, 1.165) is 31.9 Å². The van der Waals surface area contributed by atoms with Crippen LogP contribution < -0.4 is 16.0 Å². The van der Waals surface area contributed by atoms with Gasteiger partial charge >= 0.3 is 0 Å². The molecule has 2 aromatic heterocycles. The van der Waals surface area contributed by atoms with E-state index in [4.69, 9.17) is 5.73 Å². The predicted octanol–water partition coefficient (Wildman–Crippen LogP) is 2.64. The van der Waals surface area contributed by atoms with Gasteiger partial charge in [0.05, 0.1) is 5.56 Å². The smallest absolute Gasteiger partial charge is 0.215 e. The van der Waals surface area contributed by atoms with Crippen molar-refractivity contribution in [3.05, 3.63) is 83.7 Å². The topological polar surface area (TPSA) is 81.9 Å². The highest BCUT2D eigenvalue weighted by atomic mass is 16.1. The molecule has 28 heavy (non-hydrogen) atoms. The number of anilines is 1. The Labute approximate surface area is 164 Å². The van der Waals surface area contributed by atoms with Crippen LogP contribution in [-0.2, 0) is 6.42 Å². The van der Waals surface area contributed by atoms with Crippen LogP contribution in [0.2, 0.25) is 0 Å². The van der Waals surface area contributed by atoms with Crippen molar-refractivity contribution >= 4 is 17.4 Å². The summed E-state index contributed by atoms with van der Waals surface area (Å²) in [6.45, 7) is 2.54. The fraction of sp³-hybridized carbons (Fsp3) is 0.227. The number of hydrogen-bond donors (Lipinski definition) is 1. The van der Waals surface area contributed by atoms with Crippen LogP contribution in [-0.4, -0.2) is 41.4 Å². The largest absolute Gasteiger partial charge is 0.354 e. The van der Waals surface area contributed by atoms with Crippen LogP contribution >= 0.6 is 0 Å². The summed E-state index contributed by atoms with van der Waals surface area (Å²) in [5, 5.41) is 3.57. The summed E-state index contributed by atoms with van der Waals surface area (Å²) in [4.78, 5) is 23.4. The molecule has 2 N–H and O–H groups in total. The zero-order chi connectivity index (χ0) is 19.3. The SMILES string of the molecule is [NH]c1ncccc1C(=O)c1cccc(N2CCN[C@@H](Cc3ccccc3)C2)n1. The van der Waals surface area contributed by atoms with E-state index in [1.807, 2.05) is 18.2 Å². The predicted molar refractivity (Wildman–Crippen MR) is 109 cm³/mol. The standard InChI is InChI=1S/C22H22N5O/c23-22-18(8-5-11-25-22)21(28)19-9-4-10-20(26-19)27-13-12-24-17(15-27)14-16-6-2-1-3-7-16/h1-11,17,23-24H,12-15H2/t17-/m0/s1. The molecule has 1 aliphatic heterocycles. The second-order valence-electron chi connectivity index (χ2n) is 6.90. The van der Waals surface area contributed by atoms with E-state index in [-0.39, 0.29) is 17.2 Å². The number of pyridine rings is 2. The Hall–Kier alpha value is -3.25. The Balaban J connectivity index is 1.51. The molecule has 4 rings (SSSR count). The number of aromatic nitrogens is 2. The van der Waals surface area contributed by atoms with E-state index in [9.17, 15) is 4.79 Å². The Bertz CT molecular complexity index is 960. The second kappa shape index (κ2) is 8.19.